The summed E-state index contributed by atoms with van der Waals surface area (Å²) in [6.45, 7) is 4.76. The first-order valence-electron chi connectivity index (χ1n) is 12.4. The highest BCUT2D eigenvalue weighted by atomic mass is 35.5. The second-order valence-corrected chi connectivity index (χ2v) is 10.4. The van der Waals surface area contributed by atoms with Crippen LogP contribution in [-0.2, 0) is 11.2 Å². The highest BCUT2D eigenvalue weighted by molar-refractivity contribution is 7.10. The first-order chi connectivity index (χ1) is 17.9. The average molecular weight is 542 g/mol. The zero-order valence-electron chi connectivity index (χ0n) is 21.3. The minimum atomic E-state index is -0.333. The van der Waals surface area contributed by atoms with E-state index in [4.69, 9.17) is 21.1 Å². The van der Waals surface area contributed by atoms with Crippen molar-refractivity contribution in [3.8, 4) is 11.5 Å². The van der Waals surface area contributed by atoms with E-state index in [1.807, 2.05) is 43.0 Å². The van der Waals surface area contributed by atoms with Crippen molar-refractivity contribution in [2.45, 2.75) is 38.8 Å². The van der Waals surface area contributed by atoms with Crippen molar-refractivity contribution >= 4 is 40.6 Å². The molecule has 0 aliphatic carbocycles. The molecule has 4 rings (SSSR count). The number of urea groups is 1. The molecule has 37 heavy (non-hydrogen) atoms. The second-order valence-electron chi connectivity index (χ2n) is 8.94. The third-order valence-electron chi connectivity index (χ3n) is 6.65. The number of ether oxygens (including phenoxy) is 2. The van der Waals surface area contributed by atoms with Crippen LogP contribution in [0.15, 0.2) is 60.0 Å². The summed E-state index contributed by atoms with van der Waals surface area (Å²) in [5.74, 6) is 1.15. The molecule has 196 valence electrons. The van der Waals surface area contributed by atoms with Crippen molar-refractivity contribution in [3.05, 3.63) is 75.4 Å². The summed E-state index contributed by atoms with van der Waals surface area (Å²) in [6, 6.07) is 15.8. The molecule has 2 unspecified atom stereocenters. The molecule has 2 aromatic carbocycles. The van der Waals surface area contributed by atoms with Crippen LogP contribution in [0, 0.1) is 0 Å². The van der Waals surface area contributed by atoms with Crippen LogP contribution < -0.4 is 14.8 Å². The summed E-state index contributed by atoms with van der Waals surface area (Å²) in [5, 5.41) is 5.47. The van der Waals surface area contributed by atoms with Crippen LogP contribution in [-0.4, -0.2) is 54.6 Å². The molecular weight excluding hydrogens is 510 g/mol. The molecule has 0 bridgehead atoms. The number of fused-ring (bicyclic) bond motifs is 1. The quantitative estimate of drug-likeness (QED) is 0.348. The van der Waals surface area contributed by atoms with Gasteiger partial charge in [0.25, 0.3) is 0 Å². The number of benzene rings is 2. The van der Waals surface area contributed by atoms with Gasteiger partial charge >= 0.3 is 6.03 Å². The number of rotatable bonds is 9. The molecule has 1 aromatic heterocycles. The second kappa shape index (κ2) is 12.3. The minimum Gasteiger partial charge on any atom is -0.493 e. The van der Waals surface area contributed by atoms with Gasteiger partial charge in [0.15, 0.2) is 11.5 Å². The van der Waals surface area contributed by atoms with Crippen molar-refractivity contribution < 1.29 is 19.1 Å². The lowest BCUT2D eigenvalue weighted by molar-refractivity contribution is -0.135. The van der Waals surface area contributed by atoms with Crippen molar-refractivity contribution in [2.24, 2.45) is 0 Å². The Morgan fingerprint density at radius 3 is 2.70 bits per heavy atom. The van der Waals surface area contributed by atoms with Gasteiger partial charge in [0.2, 0.25) is 5.91 Å². The molecule has 0 fully saturated rings. The molecule has 3 amide bonds. The standard InChI is InChI=1S/C28H32ClN3O4S/c1-4-19(2)32(28(34)30-21-9-7-8-20(29)16-21)17-27(33)31-14-12-26-22(13-15-37-26)23(31)18-36-25-11-6-5-10-24(25)35-3/h5-11,13,15-16,19,23H,4,12,14,17-18H2,1-3H3,(H,30,34). The van der Waals surface area contributed by atoms with Gasteiger partial charge in [-0.1, -0.05) is 36.7 Å². The summed E-state index contributed by atoms with van der Waals surface area (Å²) in [4.78, 5) is 31.6. The Kier molecular flexibility index (Phi) is 8.95. The van der Waals surface area contributed by atoms with Gasteiger partial charge in [0, 0.05) is 28.2 Å². The molecular formula is C28H32ClN3O4S. The molecule has 3 aromatic rings. The van der Waals surface area contributed by atoms with Gasteiger partial charge in [0.05, 0.1) is 13.2 Å². The Morgan fingerprint density at radius 1 is 1.19 bits per heavy atom. The smallest absolute Gasteiger partial charge is 0.322 e. The first kappa shape index (κ1) is 26.8. The lowest BCUT2D eigenvalue weighted by atomic mass is 10.00. The third kappa shape index (κ3) is 6.37. The van der Waals surface area contributed by atoms with E-state index in [-0.39, 0.29) is 37.2 Å². The number of hydrogen-bond acceptors (Lipinski definition) is 5. The number of nitrogens with zero attached hydrogens (tertiary/aromatic N) is 2. The highest BCUT2D eigenvalue weighted by Gasteiger charge is 2.34. The van der Waals surface area contributed by atoms with E-state index >= 15 is 0 Å². The van der Waals surface area contributed by atoms with E-state index in [9.17, 15) is 9.59 Å². The summed E-state index contributed by atoms with van der Waals surface area (Å²) in [7, 11) is 1.60. The Bertz CT molecular complexity index is 1230. The van der Waals surface area contributed by atoms with Gasteiger partial charge in [-0.05, 0) is 67.1 Å². The van der Waals surface area contributed by atoms with E-state index in [2.05, 4.69) is 16.8 Å². The number of anilines is 1. The fourth-order valence-electron chi connectivity index (χ4n) is 4.43. The SMILES string of the molecule is CCC(C)N(CC(=O)N1CCc2sccc2C1COc1ccccc1OC)C(=O)Nc1cccc(Cl)c1. The molecule has 1 aliphatic heterocycles. The molecule has 0 saturated heterocycles. The molecule has 0 spiro atoms. The number of methoxy groups -OCH3 is 1. The molecule has 0 radical (unpaired) electrons. The number of carbonyl (C=O) groups excluding carboxylic acids is 2. The fourth-order valence-corrected chi connectivity index (χ4v) is 5.55. The summed E-state index contributed by atoms with van der Waals surface area (Å²) in [6.07, 6.45) is 1.49. The topological polar surface area (TPSA) is 71.1 Å². The molecule has 9 heteroatoms. The van der Waals surface area contributed by atoms with Crippen molar-refractivity contribution in [2.75, 3.05) is 32.1 Å². The van der Waals surface area contributed by atoms with Crippen LogP contribution in [0.3, 0.4) is 0 Å². The maximum atomic E-state index is 13.7. The first-order valence-corrected chi connectivity index (χ1v) is 13.6. The normalized spacial score (nSPS) is 15.5. The Morgan fingerprint density at radius 2 is 1.97 bits per heavy atom. The van der Waals surface area contributed by atoms with Crippen LogP contribution in [0.2, 0.25) is 5.02 Å². The van der Waals surface area contributed by atoms with Crippen LogP contribution in [0.25, 0.3) is 0 Å². The number of hydrogen-bond donors (Lipinski definition) is 1. The lowest BCUT2D eigenvalue weighted by Gasteiger charge is -2.38. The predicted molar refractivity (Wildman–Crippen MR) is 148 cm³/mol. The molecule has 0 saturated carbocycles. The van der Waals surface area contributed by atoms with Crippen molar-refractivity contribution in [1.82, 2.24) is 9.80 Å². The van der Waals surface area contributed by atoms with Gasteiger partial charge in [-0.2, -0.15) is 0 Å². The number of thiophene rings is 1. The molecule has 1 N–H and O–H groups in total. The van der Waals surface area contributed by atoms with E-state index in [0.717, 1.165) is 12.0 Å². The molecule has 7 nitrogen and oxygen atoms in total. The molecule has 2 atom stereocenters. The minimum absolute atomic E-state index is 0.0357. The highest BCUT2D eigenvalue weighted by Crippen LogP contribution is 2.35. The van der Waals surface area contributed by atoms with Gasteiger partial charge in [0.1, 0.15) is 13.2 Å². The van der Waals surface area contributed by atoms with Crippen molar-refractivity contribution in [3.63, 3.8) is 0 Å². The van der Waals surface area contributed by atoms with Gasteiger partial charge in [-0.15, -0.1) is 11.3 Å². The van der Waals surface area contributed by atoms with E-state index in [0.29, 0.717) is 35.2 Å². The zero-order valence-corrected chi connectivity index (χ0v) is 22.8. The van der Waals surface area contributed by atoms with E-state index in [1.54, 1.807) is 47.6 Å². The van der Waals surface area contributed by atoms with Crippen LogP contribution in [0.4, 0.5) is 10.5 Å². The largest absolute Gasteiger partial charge is 0.493 e. The number of halogens is 1. The van der Waals surface area contributed by atoms with Crippen LogP contribution >= 0.6 is 22.9 Å². The number of para-hydroxylation sites is 2. The lowest BCUT2D eigenvalue weighted by Crippen LogP contribution is -2.50. The summed E-state index contributed by atoms with van der Waals surface area (Å²) < 4.78 is 11.6. The van der Waals surface area contributed by atoms with E-state index in [1.165, 1.54) is 4.88 Å². The average Bonchev–Trinajstić information content (AvgIpc) is 3.39. The van der Waals surface area contributed by atoms with Crippen LogP contribution in [0.5, 0.6) is 11.5 Å². The van der Waals surface area contributed by atoms with Crippen molar-refractivity contribution in [1.29, 1.82) is 0 Å². The Balaban J connectivity index is 1.52. The maximum absolute atomic E-state index is 13.7. The van der Waals surface area contributed by atoms with Gasteiger partial charge in [-0.25, -0.2) is 4.79 Å². The number of nitrogens with one attached hydrogen (secondary N) is 1. The van der Waals surface area contributed by atoms with Crippen LogP contribution in [0.1, 0.15) is 36.8 Å². The Labute approximate surface area is 226 Å². The maximum Gasteiger partial charge on any atom is 0.322 e. The third-order valence-corrected chi connectivity index (χ3v) is 7.88. The molecule has 1 aliphatic rings. The van der Waals surface area contributed by atoms with E-state index < -0.39 is 0 Å². The predicted octanol–water partition coefficient (Wildman–Crippen LogP) is 6.25. The molecule has 2 heterocycles. The number of amides is 3. The Hall–Kier alpha value is -3.23. The zero-order chi connectivity index (χ0) is 26.4. The van der Waals surface area contributed by atoms with Gasteiger partial charge < -0.3 is 24.6 Å². The summed E-state index contributed by atoms with van der Waals surface area (Å²) >= 11 is 7.78. The van der Waals surface area contributed by atoms with Gasteiger partial charge in [-0.3, -0.25) is 4.79 Å². The fraction of sp³-hybridized carbons (Fsp3) is 0.357. The number of carbonyl (C=O) groups is 2. The monoisotopic (exact) mass is 541 g/mol. The summed E-state index contributed by atoms with van der Waals surface area (Å²) in [5.41, 5.74) is 1.68.